The lowest BCUT2D eigenvalue weighted by Crippen LogP contribution is -2.36. The van der Waals surface area contributed by atoms with E-state index in [-0.39, 0.29) is 23.8 Å². The average Bonchev–Trinajstić information content (AvgIpc) is 3.32. The standard InChI is InChI=1S/C16H15N5O3S2/c1-9-17-14-11(4-6-25-14)15(24)21(9)19-12(22)7-10-8-26-16(18-10)20-5-2-3-13(20)23/h4,6,8H,2-3,5,7H2,1H3,(H,19,22). The number of nitrogens with zero attached hydrogens (tertiary/aromatic N) is 4. The van der Waals surface area contributed by atoms with Gasteiger partial charge in [0.15, 0.2) is 5.13 Å². The van der Waals surface area contributed by atoms with Gasteiger partial charge < -0.3 is 0 Å². The molecule has 0 spiro atoms. The van der Waals surface area contributed by atoms with E-state index in [2.05, 4.69) is 15.4 Å². The topological polar surface area (TPSA) is 97.2 Å². The molecule has 3 aromatic heterocycles. The highest BCUT2D eigenvalue weighted by Gasteiger charge is 2.24. The van der Waals surface area contributed by atoms with Gasteiger partial charge in [0.1, 0.15) is 10.7 Å². The van der Waals surface area contributed by atoms with E-state index in [1.807, 2.05) is 0 Å². The molecular weight excluding hydrogens is 374 g/mol. The van der Waals surface area contributed by atoms with Gasteiger partial charge in [0.05, 0.1) is 17.5 Å². The van der Waals surface area contributed by atoms with Gasteiger partial charge in [-0.25, -0.2) is 14.6 Å². The minimum Gasteiger partial charge on any atom is -0.288 e. The second kappa shape index (κ2) is 6.61. The lowest BCUT2D eigenvalue weighted by atomic mass is 10.3. The van der Waals surface area contributed by atoms with Crippen LogP contribution in [0.3, 0.4) is 0 Å². The minimum atomic E-state index is -0.365. The molecule has 26 heavy (non-hydrogen) atoms. The Balaban J connectivity index is 1.50. The third kappa shape index (κ3) is 3.01. The number of aromatic nitrogens is 3. The van der Waals surface area contributed by atoms with Gasteiger partial charge in [0, 0.05) is 18.3 Å². The molecule has 0 radical (unpaired) electrons. The number of nitrogens with one attached hydrogen (secondary N) is 1. The van der Waals surface area contributed by atoms with Crippen LogP contribution in [0.2, 0.25) is 0 Å². The van der Waals surface area contributed by atoms with Gasteiger partial charge in [-0.15, -0.1) is 22.7 Å². The van der Waals surface area contributed by atoms with Crippen molar-refractivity contribution in [2.24, 2.45) is 0 Å². The lowest BCUT2D eigenvalue weighted by molar-refractivity contribution is -0.117. The van der Waals surface area contributed by atoms with Gasteiger partial charge in [-0.2, -0.15) is 0 Å². The summed E-state index contributed by atoms with van der Waals surface area (Å²) in [6.45, 7) is 2.33. The van der Waals surface area contributed by atoms with Crippen molar-refractivity contribution in [2.45, 2.75) is 26.2 Å². The smallest absolute Gasteiger partial charge is 0.281 e. The van der Waals surface area contributed by atoms with Crippen LogP contribution >= 0.6 is 22.7 Å². The van der Waals surface area contributed by atoms with E-state index < -0.39 is 0 Å². The summed E-state index contributed by atoms with van der Waals surface area (Å²) in [5.74, 6) is 0.115. The molecule has 1 aliphatic rings. The van der Waals surface area contributed by atoms with E-state index >= 15 is 0 Å². The van der Waals surface area contributed by atoms with Crippen LogP contribution in [0.1, 0.15) is 24.4 Å². The van der Waals surface area contributed by atoms with Crippen LogP contribution in [-0.4, -0.2) is 33.0 Å². The van der Waals surface area contributed by atoms with Crippen LogP contribution < -0.4 is 15.9 Å². The minimum absolute atomic E-state index is 0.0199. The Morgan fingerprint density at radius 1 is 1.31 bits per heavy atom. The van der Waals surface area contributed by atoms with E-state index in [1.54, 1.807) is 28.7 Å². The first-order chi connectivity index (χ1) is 12.5. The van der Waals surface area contributed by atoms with Crippen molar-refractivity contribution in [2.75, 3.05) is 16.9 Å². The first kappa shape index (κ1) is 16.9. The molecule has 0 aliphatic carbocycles. The summed E-state index contributed by atoms with van der Waals surface area (Å²) in [5, 5.41) is 4.65. The van der Waals surface area contributed by atoms with Crippen molar-refractivity contribution in [3.63, 3.8) is 0 Å². The molecule has 0 unspecified atom stereocenters. The van der Waals surface area contributed by atoms with Crippen molar-refractivity contribution in [3.05, 3.63) is 38.7 Å². The number of hydrogen-bond acceptors (Lipinski definition) is 7. The quantitative estimate of drug-likeness (QED) is 0.732. The average molecular weight is 389 g/mol. The maximum absolute atomic E-state index is 12.5. The number of aryl methyl sites for hydroxylation is 1. The van der Waals surface area contributed by atoms with Crippen LogP contribution in [0, 0.1) is 6.92 Å². The molecule has 1 N–H and O–H groups in total. The van der Waals surface area contributed by atoms with Crippen LogP contribution in [0.4, 0.5) is 5.13 Å². The van der Waals surface area contributed by atoms with Crippen molar-refractivity contribution in [1.82, 2.24) is 14.6 Å². The number of carbonyl (C=O) groups excluding carboxylic acids is 2. The molecule has 0 saturated carbocycles. The number of amides is 2. The fourth-order valence-electron chi connectivity index (χ4n) is 2.83. The Hall–Kier alpha value is -2.59. The van der Waals surface area contributed by atoms with E-state index in [0.717, 1.165) is 11.1 Å². The fraction of sp³-hybridized carbons (Fsp3) is 0.312. The molecule has 3 aromatic rings. The molecule has 2 amide bonds. The summed E-state index contributed by atoms with van der Waals surface area (Å²) >= 11 is 2.73. The second-order valence-corrected chi connectivity index (χ2v) is 7.65. The number of hydrogen-bond donors (Lipinski definition) is 1. The predicted octanol–water partition coefficient (Wildman–Crippen LogP) is 1.66. The van der Waals surface area contributed by atoms with E-state index in [9.17, 15) is 14.4 Å². The van der Waals surface area contributed by atoms with Crippen molar-refractivity contribution >= 4 is 49.8 Å². The molecule has 10 heteroatoms. The molecule has 1 fully saturated rings. The van der Waals surface area contributed by atoms with Gasteiger partial charge >= 0.3 is 0 Å². The summed E-state index contributed by atoms with van der Waals surface area (Å²) in [6, 6.07) is 1.69. The molecule has 4 rings (SSSR count). The van der Waals surface area contributed by atoms with Gasteiger partial charge in [0.2, 0.25) is 11.8 Å². The second-order valence-electron chi connectivity index (χ2n) is 5.92. The Morgan fingerprint density at radius 3 is 2.92 bits per heavy atom. The highest BCUT2D eigenvalue weighted by molar-refractivity contribution is 7.16. The highest BCUT2D eigenvalue weighted by atomic mass is 32.1. The van der Waals surface area contributed by atoms with Crippen molar-refractivity contribution in [3.8, 4) is 0 Å². The molecule has 134 valence electrons. The lowest BCUT2D eigenvalue weighted by Gasteiger charge is -2.11. The zero-order valence-electron chi connectivity index (χ0n) is 13.9. The van der Waals surface area contributed by atoms with E-state index in [4.69, 9.17) is 0 Å². The monoisotopic (exact) mass is 389 g/mol. The summed E-state index contributed by atoms with van der Waals surface area (Å²) in [4.78, 5) is 47.6. The maximum Gasteiger partial charge on any atom is 0.281 e. The Morgan fingerprint density at radius 2 is 2.15 bits per heavy atom. The summed E-state index contributed by atoms with van der Waals surface area (Å²) < 4.78 is 1.16. The van der Waals surface area contributed by atoms with Gasteiger partial charge in [-0.1, -0.05) is 0 Å². The third-order valence-corrected chi connectivity index (χ3v) is 5.81. The summed E-state index contributed by atoms with van der Waals surface area (Å²) in [5.41, 5.74) is 2.85. The van der Waals surface area contributed by atoms with Crippen LogP contribution in [-0.2, 0) is 16.0 Å². The van der Waals surface area contributed by atoms with Crippen LogP contribution in [0.25, 0.3) is 10.2 Å². The fourth-order valence-corrected chi connectivity index (χ4v) is 4.50. The van der Waals surface area contributed by atoms with Gasteiger partial charge in [-0.05, 0) is 24.8 Å². The molecular formula is C16H15N5O3S2. The van der Waals surface area contributed by atoms with Crippen LogP contribution in [0.15, 0.2) is 21.6 Å². The third-order valence-electron chi connectivity index (χ3n) is 4.09. The number of thiophene rings is 1. The highest BCUT2D eigenvalue weighted by Crippen LogP contribution is 2.25. The van der Waals surface area contributed by atoms with Crippen molar-refractivity contribution in [1.29, 1.82) is 0 Å². The molecule has 0 bridgehead atoms. The number of thiazole rings is 1. The van der Waals surface area contributed by atoms with E-state index in [0.29, 0.717) is 39.8 Å². The molecule has 8 nitrogen and oxygen atoms in total. The Kier molecular flexibility index (Phi) is 4.29. The first-order valence-electron chi connectivity index (χ1n) is 8.04. The van der Waals surface area contributed by atoms with E-state index in [1.165, 1.54) is 22.7 Å². The zero-order valence-corrected chi connectivity index (χ0v) is 15.5. The van der Waals surface area contributed by atoms with Gasteiger partial charge in [-0.3, -0.25) is 24.7 Å². The normalized spacial score (nSPS) is 14.3. The predicted molar refractivity (Wildman–Crippen MR) is 100 cm³/mol. The molecule has 0 aromatic carbocycles. The summed E-state index contributed by atoms with van der Waals surface area (Å²) in [6.07, 6.45) is 1.39. The zero-order chi connectivity index (χ0) is 18.3. The number of anilines is 1. The molecule has 4 heterocycles. The Bertz CT molecular complexity index is 1070. The molecule has 1 saturated heterocycles. The molecule has 1 aliphatic heterocycles. The summed E-state index contributed by atoms with van der Waals surface area (Å²) in [7, 11) is 0. The number of fused-ring (bicyclic) bond motifs is 1. The van der Waals surface area contributed by atoms with Gasteiger partial charge in [0.25, 0.3) is 5.56 Å². The molecule has 0 atom stereocenters. The number of carbonyl (C=O) groups is 2. The largest absolute Gasteiger partial charge is 0.288 e. The SMILES string of the molecule is Cc1nc2sccc2c(=O)n1NC(=O)Cc1csc(N2CCCC2=O)n1. The van der Waals surface area contributed by atoms with Crippen molar-refractivity contribution < 1.29 is 9.59 Å². The first-order valence-corrected chi connectivity index (χ1v) is 9.80. The number of rotatable bonds is 4. The van der Waals surface area contributed by atoms with Crippen LogP contribution in [0.5, 0.6) is 0 Å². The Labute approximate surface area is 156 Å². The maximum atomic E-state index is 12.5.